The number of H-pyrrole nitrogens is 1. The molecule has 0 radical (unpaired) electrons. The van der Waals surface area contributed by atoms with E-state index in [2.05, 4.69) is 15.0 Å². The van der Waals surface area contributed by atoms with Crippen LogP contribution < -0.4 is 10.5 Å². The van der Waals surface area contributed by atoms with E-state index < -0.39 is 0 Å². The van der Waals surface area contributed by atoms with E-state index in [-0.39, 0.29) is 0 Å². The summed E-state index contributed by atoms with van der Waals surface area (Å²) in [6.45, 7) is 1.03. The minimum absolute atomic E-state index is 0.512. The van der Waals surface area contributed by atoms with Crippen LogP contribution in [0.2, 0.25) is 0 Å². The molecule has 0 fully saturated rings. The third kappa shape index (κ3) is 3.09. The standard InChI is InChI=1S/C16H16N4O/c17-7-10-21-14-3-1-12(2-4-14)15-11-19-16(20-15)13-5-8-18-9-6-13/h1-6,8-9,11H,7,10,17H2,(H,19,20). The van der Waals surface area contributed by atoms with Crippen molar-refractivity contribution in [1.29, 1.82) is 0 Å². The quantitative estimate of drug-likeness (QED) is 0.752. The second-order valence-electron chi connectivity index (χ2n) is 4.54. The molecule has 0 unspecified atom stereocenters. The normalized spacial score (nSPS) is 10.5. The van der Waals surface area contributed by atoms with Crippen molar-refractivity contribution in [3.05, 3.63) is 55.0 Å². The molecule has 5 nitrogen and oxygen atoms in total. The zero-order valence-electron chi connectivity index (χ0n) is 11.5. The Morgan fingerprint density at radius 2 is 1.76 bits per heavy atom. The molecule has 3 aromatic rings. The van der Waals surface area contributed by atoms with Gasteiger partial charge in [0.05, 0.1) is 11.9 Å². The lowest BCUT2D eigenvalue weighted by molar-refractivity contribution is 0.328. The third-order valence-electron chi connectivity index (χ3n) is 3.08. The van der Waals surface area contributed by atoms with E-state index in [9.17, 15) is 0 Å². The molecule has 3 N–H and O–H groups in total. The van der Waals surface area contributed by atoms with Crippen LogP contribution in [0.1, 0.15) is 0 Å². The maximum Gasteiger partial charge on any atom is 0.137 e. The second-order valence-corrected chi connectivity index (χ2v) is 4.54. The summed E-state index contributed by atoms with van der Waals surface area (Å²) in [6.07, 6.45) is 5.33. The van der Waals surface area contributed by atoms with Crippen LogP contribution in [-0.2, 0) is 0 Å². The summed E-state index contributed by atoms with van der Waals surface area (Å²) in [6, 6.07) is 11.7. The van der Waals surface area contributed by atoms with Gasteiger partial charge in [0, 0.05) is 24.5 Å². The average molecular weight is 280 g/mol. The average Bonchev–Trinajstić information content (AvgIpc) is 3.04. The number of nitrogens with one attached hydrogen (secondary N) is 1. The van der Waals surface area contributed by atoms with Gasteiger partial charge in [-0.25, -0.2) is 4.98 Å². The molecule has 3 rings (SSSR count). The molecule has 0 aliphatic heterocycles. The van der Waals surface area contributed by atoms with Crippen LogP contribution in [0.5, 0.6) is 5.75 Å². The SMILES string of the molecule is NCCOc1ccc(-c2cnc(-c3ccncc3)[nH]2)cc1. The molecule has 21 heavy (non-hydrogen) atoms. The van der Waals surface area contributed by atoms with E-state index in [4.69, 9.17) is 10.5 Å². The zero-order valence-corrected chi connectivity index (χ0v) is 11.5. The highest BCUT2D eigenvalue weighted by atomic mass is 16.5. The van der Waals surface area contributed by atoms with Gasteiger partial charge in [-0.2, -0.15) is 0 Å². The summed E-state index contributed by atoms with van der Waals surface area (Å²) >= 11 is 0. The van der Waals surface area contributed by atoms with Crippen LogP contribution in [0.3, 0.4) is 0 Å². The van der Waals surface area contributed by atoms with Gasteiger partial charge in [0.25, 0.3) is 0 Å². The van der Waals surface area contributed by atoms with Crippen molar-refractivity contribution < 1.29 is 4.74 Å². The monoisotopic (exact) mass is 280 g/mol. The van der Waals surface area contributed by atoms with Gasteiger partial charge in [-0.15, -0.1) is 0 Å². The van der Waals surface area contributed by atoms with Crippen LogP contribution in [0, 0.1) is 0 Å². The molecule has 0 saturated carbocycles. The first kappa shape index (κ1) is 13.3. The molecule has 106 valence electrons. The number of aromatic amines is 1. The molecule has 0 spiro atoms. The lowest BCUT2D eigenvalue weighted by Gasteiger charge is -2.04. The van der Waals surface area contributed by atoms with Crippen molar-refractivity contribution in [2.45, 2.75) is 0 Å². The Morgan fingerprint density at radius 3 is 2.48 bits per heavy atom. The first-order valence-electron chi connectivity index (χ1n) is 6.75. The van der Waals surface area contributed by atoms with E-state index >= 15 is 0 Å². The summed E-state index contributed by atoms with van der Waals surface area (Å²) in [5.41, 5.74) is 8.45. The molecule has 0 bridgehead atoms. The molecular weight excluding hydrogens is 264 g/mol. The molecule has 0 amide bonds. The third-order valence-corrected chi connectivity index (χ3v) is 3.08. The van der Waals surface area contributed by atoms with Crippen LogP contribution >= 0.6 is 0 Å². The van der Waals surface area contributed by atoms with E-state index in [1.54, 1.807) is 12.4 Å². The summed E-state index contributed by atoms with van der Waals surface area (Å²) in [7, 11) is 0. The number of hydrogen-bond acceptors (Lipinski definition) is 4. The van der Waals surface area contributed by atoms with Crippen molar-refractivity contribution in [3.8, 4) is 28.4 Å². The van der Waals surface area contributed by atoms with Crippen LogP contribution in [0.4, 0.5) is 0 Å². The topological polar surface area (TPSA) is 76.8 Å². The number of benzene rings is 1. The Hall–Kier alpha value is -2.66. The molecule has 0 saturated heterocycles. The summed E-state index contributed by atoms with van der Waals surface area (Å²) in [4.78, 5) is 11.7. The minimum atomic E-state index is 0.512. The number of nitrogens with two attached hydrogens (primary N) is 1. The van der Waals surface area contributed by atoms with Gasteiger partial charge in [0.2, 0.25) is 0 Å². The zero-order chi connectivity index (χ0) is 14.5. The highest BCUT2D eigenvalue weighted by Crippen LogP contribution is 2.23. The molecule has 2 aromatic heterocycles. The van der Waals surface area contributed by atoms with Crippen molar-refractivity contribution in [3.63, 3.8) is 0 Å². The predicted octanol–water partition coefficient (Wildman–Crippen LogP) is 2.48. The van der Waals surface area contributed by atoms with Crippen molar-refractivity contribution in [2.75, 3.05) is 13.2 Å². The van der Waals surface area contributed by atoms with Crippen LogP contribution in [0.15, 0.2) is 55.0 Å². The molecule has 5 heteroatoms. The smallest absolute Gasteiger partial charge is 0.137 e. The lowest BCUT2D eigenvalue weighted by atomic mass is 10.1. The Kier molecular flexibility index (Phi) is 3.93. The first-order chi connectivity index (χ1) is 10.4. The molecule has 2 heterocycles. The van der Waals surface area contributed by atoms with Gasteiger partial charge in [0.15, 0.2) is 0 Å². The fourth-order valence-electron chi connectivity index (χ4n) is 2.03. The maximum atomic E-state index is 5.46. The molecule has 1 aromatic carbocycles. The Morgan fingerprint density at radius 1 is 1.00 bits per heavy atom. The van der Waals surface area contributed by atoms with Gasteiger partial charge >= 0.3 is 0 Å². The van der Waals surface area contributed by atoms with E-state index in [1.165, 1.54) is 0 Å². The van der Waals surface area contributed by atoms with Gasteiger partial charge in [-0.3, -0.25) is 4.98 Å². The first-order valence-corrected chi connectivity index (χ1v) is 6.75. The predicted molar refractivity (Wildman–Crippen MR) is 81.8 cm³/mol. The van der Waals surface area contributed by atoms with Crippen LogP contribution in [-0.4, -0.2) is 28.1 Å². The number of imidazole rings is 1. The summed E-state index contributed by atoms with van der Waals surface area (Å²) < 4.78 is 5.46. The number of hydrogen-bond donors (Lipinski definition) is 2. The number of ether oxygens (including phenoxy) is 1. The number of pyridine rings is 1. The Bertz CT molecular complexity index is 692. The fourth-order valence-corrected chi connectivity index (χ4v) is 2.03. The Balaban J connectivity index is 1.80. The number of aromatic nitrogens is 3. The number of rotatable bonds is 5. The van der Waals surface area contributed by atoms with Crippen molar-refractivity contribution in [2.24, 2.45) is 5.73 Å². The molecular formula is C16H16N4O. The maximum absolute atomic E-state index is 5.46. The van der Waals surface area contributed by atoms with E-state index in [1.807, 2.05) is 42.6 Å². The largest absolute Gasteiger partial charge is 0.492 e. The Labute approximate surface area is 122 Å². The highest BCUT2D eigenvalue weighted by molar-refractivity contribution is 5.64. The van der Waals surface area contributed by atoms with Gasteiger partial charge in [-0.1, -0.05) is 0 Å². The number of nitrogens with zero attached hydrogens (tertiary/aromatic N) is 2. The van der Waals surface area contributed by atoms with E-state index in [0.29, 0.717) is 13.2 Å². The van der Waals surface area contributed by atoms with Gasteiger partial charge in [0.1, 0.15) is 18.2 Å². The molecule has 0 aliphatic rings. The van der Waals surface area contributed by atoms with Crippen molar-refractivity contribution in [1.82, 2.24) is 15.0 Å². The van der Waals surface area contributed by atoms with Gasteiger partial charge in [-0.05, 0) is 42.0 Å². The second kappa shape index (κ2) is 6.19. The summed E-state index contributed by atoms with van der Waals surface area (Å²) in [5, 5.41) is 0. The highest BCUT2D eigenvalue weighted by Gasteiger charge is 2.05. The molecule has 0 atom stereocenters. The lowest BCUT2D eigenvalue weighted by Crippen LogP contribution is -2.10. The van der Waals surface area contributed by atoms with Gasteiger partial charge < -0.3 is 15.5 Å². The van der Waals surface area contributed by atoms with Crippen molar-refractivity contribution >= 4 is 0 Å². The van der Waals surface area contributed by atoms with E-state index in [0.717, 1.165) is 28.4 Å². The fraction of sp³-hybridized carbons (Fsp3) is 0.125. The minimum Gasteiger partial charge on any atom is -0.492 e. The molecule has 0 aliphatic carbocycles. The van der Waals surface area contributed by atoms with Crippen LogP contribution in [0.25, 0.3) is 22.6 Å². The summed E-state index contributed by atoms with van der Waals surface area (Å²) in [5.74, 6) is 1.65.